The molecule has 0 aliphatic rings. The largest absolute Gasteiger partial charge is 0.481 e. The Morgan fingerprint density at radius 1 is 0.912 bits per heavy atom. The Morgan fingerprint density at radius 2 is 1.56 bits per heavy atom. The van der Waals surface area contributed by atoms with Gasteiger partial charge in [0.1, 0.15) is 18.1 Å². The summed E-state index contributed by atoms with van der Waals surface area (Å²) in [6.07, 6.45) is 1.95. The van der Waals surface area contributed by atoms with Crippen LogP contribution in [-0.4, -0.2) is 74.5 Å². The van der Waals surface area contributed by atoms with Gasteiger partial charge in [-0.15, -0.1) is 0 Å². The quantitative estimate of drug-likeness (QED) is 0.173. The van der Waals surface area contributed by atoms with E-state index in [2.05, 4.69) is 25.9 Å². The number of aliphatic carboxylic acids is 2. The van der Waals surface area contributed by atoms with Crippen LogP contribution in [-0.2, 0) is 36.8 Å². The normalized spacial score (nSPS) is 13.2. The summed E-state index contributed by atoms with van der Waals surface area (Å²) in [4.78, 5) is 66.8. The second kappa shape index (κ2) is 12.7. The highest BCUT2D eigenvalue weighted by atomic mass is 16.4. The Balaban J connectivity index is 2.22. The van der Waals surface area contributed by atoms with E-state index in [1.54, 1.807) is 30.3 Å². The van der Waals surface area contributed by atoms with Crippen molar-refractivity contribution in [2.24, 2.45) is 5.73 Å². The maximum atomic E-state index is 13.0. The van der Waals surface area contributed by atoms with Crippen LogP contribution in [0.4, 0.5) is 0 Å². The van der Waals surface area contributed by atoms with Gasteiger partial charge in [-0.05, 0) is 5.56 Å². The van der Waals surface area contributed by atoms with E-state index in [-0.39, 0.29) is 12.8 Å². The Labute approximate surface area is 194 Å². The number of carbonyl (C=O) groups is 5. The molecule has 8 N–H and O–H groups in total. The highest BCUT2D eigenvalue weighted by Gasteiger charge is 2.31. The maximum Gasteiger partial charge on any atom is 0.326 e. The van der Waals surface area contributed by atoms with Crippen molar-refractivity contribution in [3.8, 4) is 0 Å². The molecule has 3 atom stereocenters. The molecule has 13 nitrogen and oxygen atoms in total. The van der Waals surface area contributed by atoms with E-state index in [1.807, 2.05) is 0 Å². The van der Waals surface area contributed by atoms with Crippen molar-refractivity contribution in [3.05, 3.63) is 54.1 Å². The molecule has 0 aliphatic carbocycles. The number of nitrogens with zero attached hydrogens (tertiary/aromatic N) is 1. The van der Waals surface area contributed by atoms with Gasteiger partial charge in [-0.25, -0.2) is 9.78 Å². The lowest BCUT2D eigenvalue weighted by atomic mass is 10.0. The number of carboxylic acid groups (broad SMARTS) is 2. The van der Waals surface area contributed by atoms with Crippen molar-refractivity contribution in [1.29, 1.82) is 0 Å². The lowest BCUT2D eigenvalue weighted by Gasteiger charge is -2.24. The van der Waals surface area contributed by atoms with Crippen molar-refractivity contribution >= 4 is 29.7 Å². The van der Waals surface area contributed by atoms with Crippen LogP contribution in [0, 0.1) is 0 Å². The van der Waals surface area contributed by atoms with Crippen LogP contribution in [0.3, 0.4) is 0 Å². The molecule has 3 amide bonds. The van der Waals surface area contributed by atoms with E-state index in [1.165, 1.54) is 12.5 Å². The van der Waals surface area contributed by atoms with Crippen LogP contribution >= 0.6 is 0 Å². The monoisotopic (exact) mass is 474 g/mol. The number of amides is 3. The van der Waals surface area contributed by atoms with E-state index >= 15 is 0 Å². The van der Waals surface area contributed by atoms with Gasteiger partial charge in [-0.2, -0.15) is 0 Å². The van der Waals surface area contributed by atoms with Gasteiger partial charge in [0.05, 0.1) is 19.3 Å². The van der Waals surface area contributed by atoms with Gasteiger partial charge in [-0.3, -0.25) is 19.2 Å². The Morgan fingerprint density at radius 3 is 2.12 bits per heavy atom. The number of aromatic amines is 1. The van der Waals surface area contributed by atoms with Crippen LogP contribution in [0.15, 0.2) is 42.9 Å². The third-order valence-electron chi connectivity index (χ3n) is 4.72. The minimum Gasteiger partial charge on any atom is -0.481 e. The van der Waals surface area contributed by atoms with E-state index in [9.17, 15) is 29.1 Å². The number of hydrogen-bond donors (Lipinski definition) is 7. The van der Waals surface area contributed by atoms with Crippen molar-refractivity contribution in [1.82, 2.24) is 25.9 Å². The zero-order valence-corrected chi connectivity index (χ0v) is 18.1. The minimum atomic E-state index is -1.49. The molecule has 34 heavy (non-hydrogen) atoms. The van der Waals surface area contributed by atoms with Gasteiger partial charge < -0.3 is 36.9 Å². The van der Waals surface area contributed by atoms with Gasteiger partial charge in [-0.1, -0.05) is 30.3 Å². The van der Waals surface area contributed by atoms with Gasteiger partial charge in [0.2, 0.25) is 17.7 Å². The summed E-state index contributed by atoms with van der Waals surface area (Å²) >= 11 is 0. The number of nitrogens with one attached hydrogen (secondary N) is 4. The summed E-state index contributed by atoms with van der Waals surface area (Å²) in [7, 11) is 0. The fourth-order valence-corrected chi connectivity index (χ4v) is 3.06. The Kier molecular flexibility index (Phi) is 9.71. The average Bonchev–Trinajstić information content (AvgIpc) is 3.31. The van der Waals surface area contributed by atoms with E-state index in [0.29, 0.717) is 11.3 Å². The second-order valence-electron chi connectivity index (χ2n) is 7.35. The topological polar surface area (TPSA) is 217 Å². The minimum absolute atomic E-state index is 0.0144. The lowest BCUT2D eigenvalue weighted by molar-refractivity contribution is -0.143. The Bertz CT molecular complexity index is 996. The molecule has 0 aliphatic heterocycles. The first-order chi connectivity index (χ1) is 16.2. The zero-order valence-electron chi connectivity index (χ0n) is 18.1. The number of nitrogens with two attached hydrogens (primary N) is 1. The van der Waals surface area contributed by atoms with Crippen molar-refractivity contribution < 1.29 is 34.2 Å². The highest BCUT2D eigenvalue weighted by Crippen LogP contribution is 2.07. The average molecular weight is 474 g/mol. The number of imidazole rings is 1. The summed E-state index contributed by atoms with van der Waals surface area (Å²) in [6, 6.07) is 4.54. The first-order valence-electron chi connectivity index (χ1n) is 10.3. The molecule has 0 saturated carbocycles. The van der Waals surface area contributed by atoms with Crippen LogP contribution < -0.4 is 21.7 Å². The molecule has 1 aromatic carbocycles. The molecule has 2 aromatic rings. The number of carbonyl (C=O) groups excluding carboxylic acids is 3. The molecule has 3 unspecified atom stereocenters. The van der Waals surface area contributed by atoms with Crippen molar-refractivity contribution in [2.75, 3.05) is 6.54 Å². The lowest BCUT2D eigenvalue weighted by Crippen LogP contribution is -2.57. The Hall–Kier alpha value is -4.26. The number of aromatic nitrogens is 2. The van der Waals surface area contributed by atoms with Crippen molar-refractivity contribution in [3.63, 3.8) is 0 Å². The first-order valence-corrected chi connectivity index (χ1v) is 10.3. The molecule has 0 bridgehead atoms. The van der Waals surface area contributed by atoms with Gasteiger partial charge >= 0.3 is 11.9 Å². The summed E-state index contributed by atoms with van der Waals surface area (Å²) in [5, 5.41) is 25.6. The third-order valence-corrected chi connectivity index (χ3v) is 4.72. The van der Waals surface area contributed by atoms with Crippen LogP contribution in [0.2, 0.25) is 0 Å². The smallest absolute Gasteiger partial charge is 0.326 e. The fourth-order valence-electron chi connectivity index (χ4n) is 3.06. The summed E-state index contributed by atoms with van der Waals surface area (Å²) in [5.41, 5.74) is 6.35. The summed E-state index contributed by atoms with van der Waals surface area (Å²) in [6.45, 7) is -0.467. The predicted molar refractivity (Wildman–Crippen MR) is 117 cm³/mol. The summed E-state index contributed by atoms with van der Waals surface area (Å²) in [5.74, 6) is -5.14. The number of hydrogen-bond acceptors (Lipinski definition) is 7. The van der Waals surface area contributed by atoms with E-state index in [4.69, 9.17) is 10.8 Å². The molecule has 2 rings (SSSR count). The predicted octanol–water partition coefficient (Wildman–Crippen LogP) is -1.83. The third kappa shape index (κ3) is 8.35. The van der Waals surface area contributed by atoms with Gasteiger partial charge in [0, 0.05) is 24.7 Å². The zero-order chi connectivity index (χ0) is 25.1. The molecule has 182 valence electrons. The molecule has 13 heteroatoms. The second-order valence-corrected chi connectivity index (χ2v) is 7.35. The highest BCUT2D eigenvalue weighted by molar-refractivity contribution is 5.95. The molecular formula is C21H26N6O7. The first kappa shape index (κ1) is 26.0. The number of carboxylic acids is 2. The molecular weight excluding hydrogens is 448 g/mol. The van der Waals surface area contributed by atoms with E-state index < -0.39 is 60.8 Å². The number of rotatable bonds is 13. The molecule has 0 radical (unpaired) electrons. The van der Waals surface area contributed by atoms with Gasteiger partial charge in [0.15, 0.2) is 0 Å². The SMILES string of the molecule is NCC(=O)NC(CC(=O)O)C(=O)NC(Cc1ccccc1)C(=O)NC(Cc1cnc[nH]1)C(=O)O. The molecule has 0 saturated heterocycles. The molecule has 1 aromatic heterocycles. The molecule has 0 spiro atoms. The molecule has 1 heterocycles. The van der Waals surface area contributed by atoms with Crippen molar-refractivity contribution in [2.45, 2.75) is 37.4 Å². The number of H-pyrrole nitrogens is 1. The molecule has 0 fully saturated rings. The maximum absolute atomic E-state index is 13.0. The summed E-state index contributed by atoms with van der Waals surface area (Å²) < 4.78 is 0. The standard InChI is InChI=1S/C21H26N6O7/c22-9-17(28)25-15(8-18(29)30)20(32)26-14(6-12-4-2-1-3-5-12)19(31)27-16(21(33)34)7-13-10-23-11-24-13/h1-5,10-11,14-16H,6-9,22H2,(H,23,24)(H,25,28)(H,26,32)(H,27,31)(H,29,30)(H,33,34). The fraction of sp³-hybridized carbons (Fsp3) is 0.333. The number of benzene rings is 1. The van der Waals surface area contributed by atoms with Gasteiger partial charge in [0.25, 0.3) is 0 Å². The van der Waals surface area contributed by atoms with Crippen LogP contribution in [0.1, 0.15) is 17.7 Å². The van der Waals surface area contributed by atoms with Crippen LogP contribution in [0.25, 0.3) is 0 Å². The van der Waals surface area contributed by atoms with E-state index in [0.717, 1.165) is 0 Å². The van der Waals surface area contributed by atoms with Crippen LogP contribution in [0.5, 0.6) is 0 Å².